The molecule has 0 radical (unpaired) electrons. The maximum atomic E-state index is 13.0. The van der Waals surface area contributed by atoms with E-state index in [4.69, 9.17) is 38.3 Å². The minimum atomic E-state index is -3.01. The van der Waals surface area contributed by atoms with Crippen LogP contribution in [0.5, 0.6) is 5.75 Å². The summed E-state index contributed by atoms with van der Waals surface area (Å²) in [6, 6.07) is 13.2. The number of carboxylic acids is 1. The highest BCUT2D eigenvalue weighted by Gasteiger charge is 2.60. The Morgan fingerprint density at radius 2 is 1.09 bits per heavy atom. The zero-order valence-corrected chi connectivity index (χ0v) is 53.0. The van der Waals surface area contributed by atoms with Gasteiger partial charge in [-0.15, -0.1) is 0 Å². The molecule has 524 valence electrons. The lowest BCUT2D eigenvalue weighted by atomic mass is 9.92. The van der Waals surface area contributed by atoms with Gasteiger partial charge in [-0.25, -0.2) is 0 Å². The first-order valence-electron chi connectivity index (χ1n) is 32.6. The number of amides is 3. The summed E-state index contributed by atoms with van der Waals surface area (Å²) in [7, 11) is 0. The molecule has 3 amide bonds. The summed E-state index contributed by atoms with van der Waals surface area (Å²) >= 11 is 0. The SMILES string of the molecule is CC(=O)NC1[C@H](OCCCCC(=O)CCCCCNC(=O)CCCCCCC(=O)COc2ccc(-c3cccc(C(=O)CCCCCCC(=O)NCCCCCC(=O)O)c3)cc2)OC(CO)[C@@](O)(O[C@@H]2OC(CO)[C@H](O)[C@H](O[C@H]3OC(CO)[C@H](O)[C@H](O)C3O)C2O)[C@@H]1O. The van der Waals surface area contributed by atoms with E-state index >= 15 is 0 Å². The number of carboxylic acid groups (broad SMARTS) is 1. The number of carbonyl (C=O) groups is 7. The maximum absolute atomic E-state index is 13.0. The number of hydrogen-bond donors (Lipinski definition) is 14. The zero-order valence-electron chi connectivity index (χ0n) is 53.0. The second kappa shape index (κ2) is 41.5. The van der Waals surface area contributed by atoms with Crippen molar-refractivity contribution in [1.29, 1.82) is 0 Å². The van der Waals surface area contributed by atoms with Crippen molar-refractivity contribution in [2.24, 2.45) is 0 Å². The lowest BCUT2D eigenvalue weighted by Gasteiger charge is -2.52. The quantitative estimate of drug-likeness (QED) is 0.0252. The standard InChI is InChI=1S/C65H99N3O25/c1-40(72)68-54-61(85)65(86,93-64-59(84)60(56(81)49(37-70)90-64)92-63-58(83)57(82)55(80)48(36-69)89-63)50(38-71)91-62(54)87-34-17-14-22-44(73)21-9-6-15-32-66-51(76)25-11-4-2-8-23-45(74)39-88-46-30-28-41(29-31-46)42-19-18-20-43(35-42)47(75)24-10-3-5-12-26-52(77)67-33-16-7-13-27-53(78)79/h18-20,28-31,35,48-50,54-64,69-71,80-86H,2-17,21-27,32-34,36-39H2,1H3,(H,66,76)(H,67,77)(H,68,72)(H,78,79)/t48?,49?,50?,54?,55-,56-,57-,58?,59?,60-,61+,62+,63+,64-,65+/m0/s1. The van der Waals surface area contributed by atoms with Crippen LogP contribution in [-0.2, 0) is 57.2 Å². The molecule has 28 nitrogen and oxygen atoms in total. The van der Waals surface area contributed by atoms with Gasteiger partial charge >= 0.3 is 5.97 Å². The van der Waals surface area contributed by atoms with Crippen LogP contribution in [-0.4, -0.2) is 235 Å². The van der Waals surface area contributed by atoms with Gasteiger partial charge in [-0.1, -0.05) is 68.9 Å². The molecule has 0 aromatic heterocycles. The van der Waals surface area contributed by atoms with E-state index in [1.807, 2.05) is 36.4 Å². The summed E-state index contributed by atoms with van der Waals surface area (Å²) in [5.41, 5.74) is 2.42. The molecule has 0 bridgehead atoms. The number of ether oxygens (including phenoxy) is 7. The van der Waals surface area contributed by atoms with E-state index in [-0.39, 0.29) is 55.2 Å². The number of unbranched alkanes of at least 4 members (excludes halogenated alkanes) is 11. The first-order chi connectivity index (χ1) is 44.6. The molecule has 3 aliphatic heterocycles. The minimum absolute atomic E-state index is 0.00939. The molecular weight excluding hydrogens is 1220 g/mol. The highest BCUT2D eigenvalue weighted by atomic mass is 16.8. The third-order valence-electron chi connectivity index (χ3n) is 16.5. The van der Waals surface area contributed by atoms with Crippen molar-refractivity contribution in [3.8, 4) is 16.9 Å². The van der Waals surface area contributed by atoms with Crippen molar-refractivity contribution in [2.45, 2.75) is 246 Å². The summed E-state index contributed by atoms with van der Waals surface area (Å²) in [6.45, 7) is -0.813. The van der Waals surface area contributed by atoms with Crippen molar-refractivity contribution in [1.82, 2.24) is 16.0 Å². The van der Waals surface area contributed by atoms with E-state index in [0.29, 0.717) is 101 Å². The number of nitrogens with one attached hydrogen (secondary N) is 3. The predicted molar refractivity (Wildman–Crippen MR) is 329 cm³/mol. The molecule has 2 aromatic rings. The topological polar surface area (TPSA) is 443 Å². The van der Waals surface area contributed by atoms with E-state index in [9.17, 15) is 84.6 Å². The Morgan fingerprint density at radius 1 is 0.538 bits per heavy atom. The number of benzene rings is 2. The summed E-state index contributed by atoms with van der Waals surface area (Å²) in [5, 5.41) is 123. The molecular formula is C65H99N3O25. The second-order valence-electron chi connectivity index (χ2n) is 24.0. The lowest BCUT2D eigenvalue weighted by molar-refractivity contribution is -0.436. The van der Waals surface area contributed by atoms with Crippen LogP contribution in [0, 0.1) is 0 Å². The minimum Gasteiger partial charge on any atom is -0.486 e. The summed E-state index contributed by atoms with van der Waals surface area (Å²) in [5.74, 6) is -4.01. The van der Waals surface area contributed by atoms with Gasteiger partial charge in [0, 0.05) is 77.1 Å². The summed E-state index contributed by atoms with van der Waals surface area (Å²) in [6.07, 6.45) is -10.9. The van der Waals surface area contributed by atoms with Gasteiger partial charge in [0.25, 0.3) is 0 Å². The monoisotopic (exact) mass is 1320 g/mol. The molecule has 3 saturated heterocycles. The average Bonchev–Trinajstić information content (AvgIpc) is 0.819. The average molecular weight is 1320 g/mol. The third kappa shape index (κ3) is 25.9. The molecule has 6 unspecified atom stereocenters. The number of aliphatic hydroxyl groups is 10. The van der Waals surface area contributed by atoms with E-state index in [2.05, 4.69) is 16.0 Å². The maximum Gasteiger partial charge on any atom is 0.303 e. The Morgan fingerprint density at radius 3 is 1.68 bits per heavy atom. The lowest BCUT2D eigenvalue weighted by Crippen LogP contribution is -2.74. The fourth-order valence-electron chi connectivity index (χ4n) is 11.1. The van der Waals surface area contributed by atoms with E-state index in [0.717, 1.165) is 75.8 Å². The highest BCUT2D eigenvalue weighted by Crippen LogP contribution is 2.37. The molecule has 0 saturated carbocycles. The van der Waals surface area contributed by atoms with Crippen molar-refractivity contribution in [3.63, 3.8) is 0 Å². The van der Waals surface area contributed by atoms with Crippen LogP contribution in [0.25, 0.3) is 11.1 Å². The molecule has 93 heavy (non-hydrogen) atoms. The van der Waals surface area contributed by atoms with Gasteiger partial charge in [-0.05, 0) is 93.5 Å². The predicted octanol–water partition coefficient (Wildman–Crippen LogP) is 1.27. The molecule has 3 aliphatic rings. The van der Waals surface area contributed by atoms with Gasteiger partial charge in [0.1, 0.15) is 85.2 Å². The first kappa shape index (κ1) is 78.2. The van der Waals surface area contributed by atoms with Gasteiger partial charge in [0.2, 0.25) is 23.5 Å². The van der Waals surface area contributed by atoms with Crippen LogP contribution in [0.1, 0.15) is 165 Å². The van der Waals surface area contributed by atoms with Crippen LogP contribution in [0.3, 0.4) is 0 Å². The molecule has 5 rings (SSSR count). The van der Waals surface area contributed by atoms with Crippen LogP contribution in [0.2, 0.25) is 0 Å². The Hall–Kier alpha value is -5.51. The van der Waals surface area contributed by atoms with Gasteiger partial charge in [0.05, 0.1) is 19.8 Å². The number of aliphatic carboxylic acids is 1. The Kier molecular flexibility index (Phi) is 34.8. The molecule has 3 fully saturated rings. The van der Waals surface area contributed by atoms with Crippen LogP contribution < -0.4 is 20.7 Å². The Labute approximate surface area is 541 Å². The number of aliphatic hydroxyl groups excluding tert-OH is 9. The van der Waals surface area contributed by atoms with Crippen molar-refractivity contribution >= 4 is 41.0 Å². The third-order valence-corrected chi connectivity index (χ3v) is 16.5. The van der Waals surface area contributed by atoms with E-state index in [1.165, 1.54) is 0 Å². The van der Waals surface area contributed by atoms with Crippen LogP contribution in [0.4, 0.5) is 0 Å². The number of hydrogen-bond acceptors (Lipinski definition) is 24. The van der Waals surface area contributed by atoms with Crippen LogP contribution in [0.15, 0.2) is 48.5 Å². The van der Waals surface area contributed by atoms with Gasteiger partial charge in [-0.2, -0.15) is 0 Å². The summed E-state index contributed by atoms with van der Waals surface area (Å²) in [4.78, 5) is 85.6. The number of carbonyl (C=O) groups excluding carboxylic acids is 6. The van der Waals surface area contributed by atoms with Crippen molar-refractivity contribution in [2.75, 3.05) is 46.1 Å². The molecule has 28 heteroatoms. The van der Waals surface area contributed by atoms with Gasteiger partial charge < -0.3 is 105 Å². The Balaban J connectivity index is 0.880. The second-order valence-corrected chi connectivity index (χ2v) is 24.0. The molecule has 2 aromatic carbocycles. The number of ketones is 3. The fraction of sp³-hybridized carbons (Fsp3) is 0.708. The van der Waals surface area contributed by atoms with Crippen molar-refractivity contribution < 1.29 is 123 Å². The number of Topliss-reactive ketones (excluding diaryl/α,β-unsaturated/α-hetero) is 3. The highest BCUT2D eigenvalue weighted by molar-refractivity contribution is 5.97. The van der Waals surface area contributed by atoms with E-state index in [1.54, 1.807) is 12.1 Å². The van der Waals surface area contributed by atoms with Gasteiger partial charge in [0.15, 0.2) is 30.4 Å². The molecule has 15 atom stereocenters. The van der Waals surface area contributed by atoms with E-state index < -0.39 is 123 Å². The fourth-order valence-corrected chi connectivity index (χ4v) is 11.1. The molecule has 3 heterocycles. The van der Waals surface area contributed by atoms with Crippen LogP contribution >= 0.6 is 0 Å². The summed E-state index contributed by atoms with van der Waals surface area (Å²) < 4.78 is 39.4. The molecule has 14 N–H and O–H groups in total. The van der Waals surface area contributed by atoms with Gasteiger partial charge in [-0.3, -0.25) is 33.6 Å². The largest absolute Gasteiger partial charge is 0.486 e. The molecule has 0 spiro atoms. The first-order valence-corrected chi connectivity index (χ1v) is 32.6. The van der Waals surface area contributed by atoms with Crippen molar-refractivity contribution in [3.05, 3.63) is 54.1 Å². The zero-order chi connectivity index (χ0) is 67.9. The normalized spacial score (nSPS) is 27.0. The molecule has 0 aliphatic carbocycles. The smallest absolute Gasteiger partial charge is 0.303 e. The Bertz CT molecular complexity index is 2600. The number of rotatable bonds is 45.